The quantitative estimate of drug-likeness (QED) is 0.377. The molecule has 0 radical (unpaired) electrons. The Bertz CT molecular complexity index is 96.2. The van der Waals surface area contributed by atoms with Crippen molar-refractivity contribution in [1.82, 2.24) is 0 Å². The van der Waals surface area contributed by atoms with E-state index in [0.717, 1.165) is 6.92 Å². The van der Waals surface area contributed by atoms with E-state index >= 15 is 0 Å². The van der Waals surface area contributed by atoms with Gasteiger partial charge >= 0.3 is 0 Å². The summed E-state index contributed by atoms with van der Waals surface area (Å²) in [6.07, 6.45) is 0. The van der Waals surface area contributed by atoms with Crippen molar-refractivity contribution >= 4 is 5.78 Å². The first-order valence-corrected chi connectivity index (χ1v) is 2.07. The van der Waals surface area contributed by atoms with Crippen LogP contribution in [0.5, 0.6) is 0 Å². The average Bonchev–Trinajstić information content (AvgIpc) is 1.67. The predicted octanol–water partition coefficient (Wildman–Crippen LogP) is -1.75. The summed E-state index contributed by atoms with van der Waals surface area (Å²) < 4.78 is 0. The highest BCUT2D eigenvalue weighted by Crippen LogP contribution is 1.96. The fourth-order valence-corrected chi connectivity index (χ4v) is 0.111. The minimum absolute atomic E-state index is 0.861. The Morgan fingerprint density at radius 3 is 2.00 bits per heavy atom. The lowest BCUT2D eigenvalue weighted by molar-refractivity contribution is -0.193. The molecule has 0 unspecified atom stereocenters. The Kier molecular flexibility index (Phi) is 2.09. The standard InChI is InChI=1S/C4H8O4/c1-3(6)4(7,8)2-5/h5,7-8H,2H2,1H3. The fourth-order valence-electron chi connectivity index (χ4n) is 0.111. The van der Waals surface area contributed by atoms with Crippen molar-refractivity contribution in [3.63, 3.8) is 0 Å². The number of carbonyl (C=O) groups excluding carboxylic acids is 1. The van der Waals surface area contributed by atoms with Crippen LogP contribution in [-0.4, -0.2) is 33.5 Å². The molecule has 0 heterocycles. The van der Waals surface area contributed by atoms with Gasteiger partial charge in [0.25, 0.3) is 0 Å². The van der Waals surface area contributed by atoms with Gasteiger partial charge in [-0.05, 0) is 0 Å². The van der Waals surface area contributed by atoms with Gasteiger partial charge in [-0.25, -0.2) is 0 Å². The molecular weight excluding hydrogens is 112 g/mol. The number of hydrogen-bond acceptors (Lipinski definition) is 4. The molecule has 4 nitrogen and oxygen atoms in total. The number of aliphatic hydroxyl groups excluding tert-OH is 1. The monoisotopic (exact) mass is 120 g/mol. The lowest BCUT2D eigenvalue weighted by Crippen LogP contribution is -2.40. The zero-order chi connectivity index (χ0) is 6.78. The molecule has 4 heteroatoms. The smallest absolute Gasteiger partial charge is 0.247 e. The second kappa shape index (κ2) is 2.21. The molecule has 0 atom stereocenters. The number of hydrogen-bond donors (Lipinski definition) is 3. The maximum Gasteiger partial charge on any atom is 0.247 e. The first-order chi connectivity index (χ1) is 3.50. The highest BCUT2D eigenvalue weighted by atomic mass is 16.5. The summed E-state index contributed by atoms with van der Waals surface area (Å²) in [5.74, 6) is -3.40. The van der Waals surface area contributed by atoms with Crippen LogP contribution in [0.1, 0.15) is 6.92 Å². The van der Waals surface area contributed by atoms with Crippen LogP contribution in [0.2, 0.25) is 0 Å². The fraction of sp³-hybridized carbons (Fsp3) is 0.750. The SMILES string of the molecule is CC(=O)C(O)(O)CO. The molecule has 8 heavy (non-hydrogen) atoms. The van der Waals surface area contributed by atoms with Crippen LogP contribution in [-0.2, 0) is 4.79 Å². The van der Waals surface area contributed by atoms with E-state index in [1.54, 1.807) is 0 Å². The van der Waals surface area contributed by atoms with Crippen LogP contribution < -0.4 is 0 Å². The van der Waals surface area contributed by atoms with Crippen molar-refractivity contribution in [3.05, 3.63) is 0 Å². The van der Waals surface area contributed by atoms with E-state index in [2.05, 4.69) is 0 Å². The molecule has 0 fully saturated rings. The third kappa shape index (κ3) is 1.57. The van der Waals surface area contributed by atoms with Crippen molar-refractivity contribution < 1.29 is 20.1 Å². The first-order valence-electron chi connectivity index (χ1n) is 2.07. The van der Waals surface area contributed by atoms with E-state index in [0.29, 0.717) is 0 Å². The predicted molar refractivity (Wildman–Crippen MR) is 24.9 cm³/mol. The van der Waals surface area contributed by atoms with Gasteiger partial charge in [-0.15, -0.1) is 0 Å². The molecule has 0 bridgehead atoms. The molecule has 0 aliphatic carbocycles. The van der Waals surface area contributed by atoms with Crippen LogP contribution in [0.15, 0.2) is 0 Å². The zero-order valence-electron chi connectivity index (χ0n) is 4.46. The van der Waals surface area contributed by atoms with Gasteiger partial charge in [-0.1, -0.05) is 0 Å². The second-order valence-corrected chi connectivity index (χ2v) is 1.53. The summed E-state index contributed by atoms with van der Waals surface area (Å²) in [7, 11) is 0. The van der Waals surface area contributed by atoms with Gasteiger partial charge in [0.05, 0.1) is 0 Å². The summed E-state index contributed by atoms with van der Waals surface area (Å²) in [5, 5.41) is 24.8. The second-order valence-electron chi connectivity index (χ2n) is 1.53. The maximum atomic E-state index is 10.0. The van der Waals surface area contributed by atoms with E-state index in [1.807, 2.05) is 0 Å². The summed E-state index contributed by atoms with van der Waals surface area (Å²) in [4.78, 5) is 10.0. The number of ketones is 1. The molecule has 0 rings (SSSR count). The highest BCUT2D eigenvalue weighted by molar-refractivity contribution is 5.82. The first kappa shape index (κ1) is 7.55. The van der Waals surface area contributed by atoms with Gasteiger partial charge in [0.15, 0.2) is 5.78 Å². The van der Waals surface area contributed by atoms with Crippen LogP contribution in [0.3, 0.4) is 0 Å². The van der Waals surface area contributed by atoms with Crippen LogP contribution in [0, 0.1) is 0 Å². The zero-order valence-corrected chi connectivity index (χ0v) is 4.46. The van der Waals surface area contributed by atoms with Gasteiger partial charge in [0, 0.05) is 6.92 Å². The third-order valence-electron chi connectivity index (χ3n) is 0.784. The average molecular weight is 120 g/mol. The highest BCUT2D eigenvalue weighted by Gasteiger charge is 2.27. The van der Waals surface area contributed by atoms with Crippen LogP contribution >= 0.6 is 0 Å². The van der Waals surface area contributed by atoms with Gasteiger partial charge in [0.2, 0.25) is 5.79 Å². The molecule has 0 spiro atoms. The largest absolute Gasteiger partial charge is 0.390 e. The van der Waals surface area contributed by atoms with E-state index in [9.17, 15) is 4.79 Å². The lowest BCUT2D eigenvalue weighted by atomic mass is 10.2. The minimum Gasteiger partial charge on any atom is -0.390 e. The van der Waals surface area contributed by atoms with Crippen molar-refractivity contribution in [3.8, 4) is 0 Å². The van der Waals surface area contributed by atoms with E-state index in [4.69, 9.17) is 15.3 Å². The topological polar surface area (TPSA) is 77.8 Å². The van der Waals surface area contributed by atoms with E-state index < -0.39 is 18.2 Å². The van der Waals surface area contributed by atoms with Gasteiger partial charge < -0.3 is 15.3 Å². The van der Waals surface area contributed by atoms with Crippen LogP contribution in [0.4, 0.5) is 0 Å². The van der Waals surface area contributed by atoms with Crippen molar-refractivity contribution in [2.24, 2.45) is 0 Å². The molecular formula is C4H8O4. The van der Waals surface area contributed by atoms with Crippen molar-refractivity contribution in [1.29, 1.82) is 0 Å². The maximum absolute atomic E-state index is 10.0. The molecule has 0 saturated carbocycles. The summed E-state index contributed by atoms with van der Waals surface area (Å²) in [5.41, 5.74) is 0. The third-order valence-corrected chi connectivity index (χ3v) is 0.784. The Hall–Kier alpha value is -0.450. The number of rotatable bonds is 2. The van der Waals surface area contributed by atoms with Crippen molar-refractivity contribution in [2.75, 3.05) is 6.61 Å². The number of Topliss-reactive ketones (excluding diaryl/α,β-unsaturated/α-hetero) is 1. The summed E-state index contributed by atoms with van der Waals surface area (Å²) in [6.45, 7) is 0.0263. The Morgan fingerprint density at radius 2 is 2.00 bits per heavy atom. The molecule has 0 aliphatic heterocycles. The van der Waals surface area contributed by atoms with Gasteiger partial charge in [-0.3, -0.25) is 4.79 Å². The van der Waals surface area contributed by atoms with Crippen molar-refractivity contribution in [2.45, 2.75) is 12.7 Å². The molecule has 0 aromatic rings. The Morgan fingerprint density at radius 1 is 1.62 bits per heavy atom. The summed E-state index contributed by atoms with van der Waals surface area (Å²) in [6, 6.07) is 0. The van der Waals surface area contributed by atoms with Gasteiger partial charge in [0.1, 0.15) is 6.61 Å². The number of carbonyl (C=O) groups is 1. The number of aliphatic hydroxyl groups is 3. The molecule has 3 N–H and O–H groups in total. The molecule has 0 aromatic heterocycles. The Labute approximate surface area is 46.4 Å². The molecule has 0 aromatic carbocycles. The van der Waals surface area contributed by atoms with E-state index in [1.165, 1.54) is 0 Å². The normalized spacial score (nSPS) is 11.5. The van der Waals surface area contributed by atoms with Crippen LogP contribution in [0.25, 0.3) is 0 Å². The Balaban J connectivity index is 3.91. The summed E-state index contributed by atoms with van der Waals surface area (Å²) >= 11 is 0. The molecule has 0 aliphatic rings. The molecule has 48 valence electrons. The van der Waals surface area contributed by atoms with Gasteiger partial charge in [-0.2, -0.15) is 0 Å². The lowest BCUT2D eigenvalue weighted by Gasteiger charge is -2.12. The molecule has 0 saturated heterocycles. The van der Waals surface area contributed by atoms with E-state index in [-0.39, 0.29) is 0 Å². The molecule has 0 amide bonds. The minimum atomic E-state index is -2.54.